The summed E-state index contributed by atoms with van der Waals surface area (Å²) in [6, 6.07) is 10.0. The first kappa shape index (κ1) is 20.8. The number of nitro benzene ring substituents is 1. The van der Waals surface area contributed by atoms with E-state index in [4.69, 9.17) is 9.47 Å². The van der Waals surface area contributed by atoms with E-state index in [1.807, 2.05) is 18.2 Å². The van der Waals surface area contributed by atoms with Gasteiger partial charge in [-0.15, -0.1) is 0 Å². The maximum Gasteiger partial charge on any atom is 0.294 e. The molecule has 0 spiro atoms. The van der Waals surface area contributed by atoms with Gasteiger partial charge in [0.15, 0.2) is 11.5 Å². The minimum absolute atomic E-state index is 0.160. The van der Waals surface area contributed by atoms with Crippen molar-refractivity contribution in [1.29, 1.82) is 0 Å². The van der Waals surface area contributed by atoms with Crippen molar-refractivity contribution in [3.63, 3.8) is 0 Å². The highest BCUT2D eigenvalue weighted by Crippen LogP contribution is 2.28. The van der Waals surface area contributed by atoms with Gasteiger partial charge in [0.1, 0.15) is 5.69 Å². The molecular weight excluding hydrogens is 388 g/mol. The van der Waals surface area contributed by atoms with Gasteiger partial charge in [-0.25, -0.2) is 4.98 Å². The number of hydrogen-bond donors (Lipinski definition) is 0. The van der Waals surface area contributed by atoms with E-state index in [1.54, 1.807) is 39.6 Å². The third kappa shape index (κ3) is 4.40. The van der Waals surface area contributed by atoms with E-state index in [-0.39, 0.29) is 17.2 Å². The Morgan fingerprint density at radius 2 is 1.93 bits per heavy atom. The van der Waals surface area contributed by atoms with E-state index in [0.717, 1.165) is 5.56 Å². The topological polar surface area (TPSA) is 99.7 Å². The van der Waals surface area contributed by atoms with Gasteiger partial charge < -0.3 is 18.9 Å². The van der Waals surface area contributed by atoms with E-state index in [0.29, 0.717) is 30.2 Å². The van der Waals surface area contributed by atoms with Crippen LogP contribution in [0.1, 0.15) is 15.9 Å². The number of likely N-dealkylation sites (N-methyl/N-ethyl adjacent to an activating group) is 1. The highest BCUT2D eigenvalue weighted by Gasteiger charge is 2.20. The summed E-state index contributed by atoms with van der Waals surface area (Å²) in [6.07, 6.45) is 5.21. The van der Waals surface area contributed by atoms with E-state index >= 15 is 0 Å². The van der Waals surface area contributed by atoms with Gasteiger partial charge in [0, 0.05) is 37.6 Å². The molecule has 0 bridgehead atoms. The Labute approximate surface area is 173 Å². The Hall–Kier alpha value is -3.88. The molecule has 3 aromatic rings. The molecule has 0 saturated carbocycles. The van der Waals surface area contributed by atoms with Crippen LogP contribution >= 0.6 is 0 Å². The van der Waals surface area contributed by atoms with Gasteiger partial charge in [0.2, 0.25) is 0 Å². The fourth-order valence-corrected chi connectivity index (χ4v) is 3.08. The lowest BCUT2D eigenvalue weighted by Gasteiger charge is -2.18. The number of amides is 1. The smallest absolute Gasteiger partial charge is 0.294 e. The van der Waals surface area contributed by atoms with E-state index in [1.165, 1.54) is 28.1 Å². The van der Waals surface area contributed by atoms with E-state index < -0.39 is 4.92 Å². The van der Waals surface area contributed by atoms with Crippen molar-refractivity contribution in [3.8, 4) is 17.2 Å². The molecule has 156 valence electrons. The summed E-state index contributed by atoms with van der Waals surface area (Å²) in [5, 5.41) is 11.5. The molecule has 9 heteroatoms. The Morgan fingerprint density at radius 1 is 1.17 bits per heavy atom. The maximum atomic E-state index is 12.8. The monoisotopic (exact) mass is 410 g/mol. The van der Waals surface area contributed by atoms with Crippen LogP contribution in [-0.2, 0) is 6.42 Å². The van der Waals surface area contributed by atoms with Crippen molar-refractivity contribution < 1.29 is 19.2 Å². The summed E-state index contributed by atoms with van der Waals surface area (Å²) in [7, 11) is 4.80. The Kier molecular flexibility index (Phi) is 6.31. The minimum atomic E-state index is -0.504. The molecule has 1 heterocycles. The minimum Gasteiger partial charge on any atom is -0.493 e. The normalized spacial score (nSPS) is 10.5. The van der Waals surface area contributed by atoms with Crippen LogP contribution in [0, 0.1) is 10.1 Å². The van der Waals surface area contributed by atoms with Crippen molar-refractivity contribution in [1.82, 2.24) is 14.5 Å². The number of benzene rings is 2. The molecule has 1 aromatic heterocycles. The maximum absolute atomic E-state index is 12.8. The van der Waals surface area contributed by atoms with Gasteiger partial charge in [0.05, 0.1) is 25.5 Å². The predicted octanol–water partition coefficient (Wildman–Crippen LogP) is 3.11. The first-order valence-electron chi connectivity index (χ1n) is 9.17. The summed E-state index contributed by atoms with van der Waals surface area (Å²) in [4.78, 5) is 29.3. The molecule has 2 aromatic carbocycles. The number of carbonyl (C=O) groups excluding carboxylic acids is 1. The van der Waals surface area contributed by atoms with Crippen LogP contribution < -0.4 is 9.47 Å². The number of aromatic nitrogens is 2. The lowest BCUT2D eigenvalue weighted by molar-refractivity contribution is -0.384. The molecule has 0 radical (unpaired) electrons. The molecule has 0 saturated heterocycles. The molecular formula is C21H22N4O5. The molecule has 0 unspecified atom stereocenters. The third-order valence-corrected chi connectivity index (χ3v) is 4.73. The molecule has 0 fully saturated rings. The average molecular weight is 410 g/mol. The number of carbonyl (C=O) groups is 1. The standard InChI is InChI=1S/C21H22N4O5/c1-23(10-8-15-4-7-19(29-2)20(12-15)30-3)21(26)16-5-6-17(18(13-16)25(27)28)24-11-9-22-14-24/h4-7,9,11-14H,8,10H2,1-3H3. The Bertz CT molecular complexity index is 1050. The molecule has 3 rings (SSSR count). The lowest BCUT2D eigenvalue weighted by atomic mass is 10.1. The van der Waals surface area contributed by atoms with Gasteiger partial charge >= 0.3 is 0 Å². The number of rotatable bonds is 8. The average Bonchev–Trinajstić information content (AvgIpc) is 3.31. The van der Waals surface area contributed by atoms with Gasteiger partial charge in [0.25, 0.3) is 11.6 Å². The number of methoxy groups -OCH3 is 2. The summed E-state index contributed by atoms with van der Waals surface area (Å²) < 4.78 is 12.1. The second-order valence-corrected chi connectivity index (χ2v) is 6.60. The zero-order valence-electron chi connectivity index (χ0n) is 16.9. The molecule has 0 atom stereocenters. The molecule has 0 N–H and O–H groups in total. The van der Waals surface area contributed by atoms with Gasteiger partial charge in [-0.1, -0.05) is 6.07 Å². The lowest BCUT2D eigenvalue weighted by Crippen LogP contribution is -2.29. The van der Waals surface area contributed by atoms with Gasteiger partial charge in [-0.05, 0) is 36.2 Å². The first-order valence-corrected chi connectivity index (χ1v) is 9.17. The van der Waals surface area contributed by atoms with Crippen molar-refractivity contribution in [2.75, 3.05) is 27.8 Å². The second kappa shape index (κ2) is 9.08. The van der Waals surface area contributed by atoms with Crippen molar-refractivity contribution in [2.45, 2.75) is 6.42 Å². The molecule has 0 aliphatic carbocycles. The quantitative estimate of drug-likeness (QED) is 0.418. The van der Waals surface area contributed by atoms with Crippen LogP contribution in [-0.4, -0.2) is 53.1 Å². The molecule has 30 heavy (non-hydrogen) atoms. The molecule has 9 nitrogen and oxygen atoms in total. The number of nitro groups is 1. The molecule has 0 aliphatic rings. The fraction of sp³-hybridized carbons (Fsp3) is 0.238. The Balaban J connectivity index is 1.74. The third-order valence-electron chi connectivity index (χ3n) is 4.73. The van der Waals surface area contributed by atoms with Crippen molar-refractivity contribution in [3.05, 3.63) is 76.4 Å². The van der Waals surface area contributed by atoms with Crippen molar-refractivity contribution in [2.24, 2.45) is 0 Å². The zero-order chi connectivity index (χ0) is 21.7. The van der Waals surface area contributed by atoms with Gasteiger partial charge in [-0.2, -0.15) is 0 Å². The zero-order valence-corrected chi connectivity index (χ0v) is 16.9. The predicted molar refractivity (Wildman–Crippen MR) is 110 cm³/mol. The van der Waals surface area contributed by atoms with Crippen LogP contribution in [0.25, 0.3) is 5.69 Å². The van der Waals surface area contributed by atoms with Crippen LogP contribution in [0.3, 0.4) is 0 Å². The number of hydrogen-bond acceptors (Lipinski definition) is 6. The van der Waals surface area contributed by atoms with Crippen LogP contribution in [0.2, 0.25) is 0 Å². The summed E-state index contributed by atoms with van der Waals surface area (Å²) in [5.41, 5.74) is 1.42. The summed E-state index contributed by atoms with van der Waals surface area (Å²) in [6.45, 7) is 0.436. The number of ether oxygens (including phenoxy) is 2. The van der Waals surface area contributed by atoms with Crippen molar-refractivity contribution >= 4 is 11.6 Å². The van der Waals surface area contributed by atoms with Crippen LogP contribution in [0.5, 0.6) is 11.5 Å². The number of imidazole rings is 1. The van der Waals surface area contributed by atoms with Crippen LogP contribution in [0.4, 0.5) is 5.69 Å². The summed E-state index contributed by atoms with van der Waals surface area (Å²) in [5.74, 6) is 0.960. The highest BCUT2D eigenvalue weighted by atomic mass is 16.6. The molecule has 0 aliphatic heterocycles. The Morgan fingerprint density at radius 3 is 2.57 bits per heavy atom. The van der Waals surface area contributed by atoms with Gasteiger partial charge in [-0.3, -0.25) is 14.9 Å². The molecule has 1 amide bonds. The van der Waals surface area contributed by atoms with E-state index in [2.05, 4.69) is 4.98 Å². The largest absolute Gasteiger partial charge is 0.493 e. The fourth-order valence-electron chi connectivity index (χ4n) is 3.08. The first-order chi connectivity index (χ1) is 14.4. The highest BCUT2D eigenvalue weighted by molar-refractivity contribution is 5.95. The van der Waals surface area contributed by atoms with Crippen LogP contribution in [0.15, 0.2) is 55.1 Å². The second-order valence-electron chi connectivity index (χ2n) is 6.60. The summed E-state index contributed by atoms with van der Waals surface area (Å²) >= 11 is 0. The van der Waals surface area contributed by atoms with E-state index in [9.17, 15) is 14.9 Å². The SMILES string of the molecule is COc1ccc(CCN(C)C(=O)c2ccc(-n3ccnc3)c([N+](=O)[O-])c2)cc1OC. The number of nitrogens with zero attached hydrogens (tertiary/aromatic N) is 4.